The Kier molecular flexibility index (Phi) is 24.7. The van der Waals surface area contributed by atoms with Crippen molar-refractivity contribution >= 4 is 71.7 Å². The van der Waals surface area contributed by atoms with Gasteiger partial charge in [0.15, 0.2) is 11.7 Å². The zero-order valence-corrected chi connectivity index (χ0v) is 55.8. The van der Waals surface area contributed by atoms with E-state index in [9.17, 15) is 24.0 Å². The van der Waals surface area contributed by atoms with Crippen LogP contribution in [0.2, 0.25) is 0 Å². The van der Waals surface area contributed by atoms with Crippen LogP contribution in [0.5, 0.6) is 23.0 Å². The number of anilines is 4. The molecule has 9 rings (SSSR count). The summed E-state index contributed by atoms with van der Waals surface area (Å²) in [5, 5.41) is 20.3. The molecule has 2 aliphatic heterocycles. The fourth-order valence-corrected chi connectivity index (χ4v) is 13.5. The van der Waals surface area contributed by atoms with Crippen LogP contribution < -0.4 is 51.4 Å². The molecule has 8 N–H and O–H groups in total. The Bertz CT molecular complexity index is 3750. The van der Waals surface area contributed by atoms with Crippen molar-refractivity contribution in [3.05, 3.63) is 173 Å². The lowest BCUT2D eigenvalue weighted by Crippen LogP contribution is -2.50. The maximum absolute atomic E-state index is 15.3. The number of unbranched alkanes of at least 4 members (excludes halogenated alkanes) is 5. The van der Waals surface area contributed by atoms with Crippen LogP contribution in [0.15, 0.2) is 145 Å². The van der Waals surface area contributed by atoms with E-state index in [0.717, 1.165) is 110 Å². The van der Waals surface area contributed by atoms with E-state index in [4.69, 9.17) is 30.0 Å². The smallest absolute Gasteiger partial charge is 0.453 e. The minimum Gasteiger partial charge on any atom is -0.457 e. The van der Waals surface area contributed by atoms with Crippen molar-refractivity contribution in [1.29, 1.82) is 0 Å². The van der Waals surface area contributed by atoms with Crippen molar-refractivity contribution in [1.82, 2.24) is 30.1 Å². The van der Waals surface area contributed by atoms with E-state index in [1.807, 2.05) is 34.2 Å². The van der Waals surface area contributed by atoms with Gasteiger partial charge in [-0.25, -0.2) is 14.4 Å². The Labute approximate surface area is 555 Å². The third-order valence-corrected chi connectivity index (χ3v) is 18.5. The van der Waals surface area contributed by atoms with Gasteiger partial charge in [-0.15, -0.1) is 5.10 Å². The van der Waals surface area contributed by atoms with Crippen LogP contribution in [0.4, 0.5) is 33.2 Å². The second-order valence-electron chi connectivity index (χ2n) is 23.7. The number of ether oxygens (including phenoxy) is 2. The van der Waals surface area contributed by atoms with E-state index < -0.39 is 19.5 Å². The summed E-state index contributed by atoms with van der Waals surface area (Å²) in [6.45, 7) is 14.4. The van der Waals surface area contributed by atoms with Crippen molar-refractivity contribution in [3.63, 3.8) is 0 Å². The van der Waals surface area contributed by atoms with Crippen LogP contribution in [0.3, 0.4) is 0 Å². The highest BCUT2D eigenvalue weighted by molar-refractivity contribution is 7.55. The highest BCUT2D eigenvalue weighted by Crippen LogP contribution is 2.54. The molecule has 5 amide bonds. The van der Waals surface area contributed by atoms with Gasteiger partial charge in [-0.1, -0.05) is 80.3 Å². The summed E-state index contributed by atoms with van der Waals surface area (Å²) in [6.07, 6.45) is 8.94. The highest BCUT2D eigenvalue weighted by Gasteiger charge is 2.42. The number of carbonyl (C=O) groups excluding carboxylic acids is 5. The maximum Gasteiger partial charge on any atom is 0.453 e. The van der Waals surface area contributed by atoms with E-state index in [0.29, 0.717) is 80.2 Å². The van der Waals surface area contributed by atoms with Gasteiger partial charge >= 0.3 is 13.7 Å². The number of amides is 5. The van der Waals surface area contributed by atoms with E-state index in [2.05, 4.69) is 105 Å². The summed E-state index contributed by atoms with van der Waals surface area (Å²) in [7, 11) is -4.46. The molecule has 2 aliphatic rings. The van der Waals surface area contributed by atoms with Crippen molar-refractivity contribution < 1.29 is 47.1 Å². The van der Waals surface area contributed by atoms with Gasteiger partial charge in [0.05, 0.1) is 18.0 Å². The van der Waals surface area contributed by atoms with Gasteiger partial charge in [0.2, 0.25) is 17.7 Å². The molecule has 0 spiro atoms. The molecule has 1 fully saturated rings. The predicted octanol–water partition coefficient (Wildman–Crippen LogP) is 12.3. The molecule has 502 valence electrons. The molecule has 2 atom stereocenters. The van der Waals surface area contributed by atoms with Crippen LogP contribution in [0.25, 0.3) is 0 Å². The minimum atomic E-state index is -4.46. The molecular weight excluding hydrogens is 1230 g/mol. The number of fused-ring (bicyclic) bond motifs is 2. The molecular formula is C71H88N13O10P. The van der Waals surface area contributed by atoms with E-state index in [-0.39, 0.29) is 60.0 Å². The summed E-state index contributed by atoms with van der Waals surface area (Å²) in [5.41, 5.74) is 19.7. The molecule has 6 aromatic carbocycles. The van der Waals surface area contributed by atoms with Crippen LogP contribution >= 0.6 is 7.60 Å². The fourth-order valence-electron chi connectivity index (χ4n) is 11.7. The number of guanidine groups is 1. The molecule has 1 aromatic heterocycles. The van der Waals surface area contributed by atoms with Crippen LogP contribution in [0, 0.1) is 0 Å². The van der Waals surface area contributed by atoms with Crippen LogP contribution in [-0.4, -0.2) is 119 Å². The average molecular weight is 1310 g/mol. The number of hydrogen-bond donors (Lipinski definition) is 6. The zero-order chi connectivity index (χ0) is 67.3. The van der Waals surface area contributed by atoms with Gasteiger partial charge in [0.1, 0.15) is 23.0 Å². The number of nitrogens with one attached hydrogen (secondary N) is 4. The van der Waals surface area contributed by atoms with Crippen molar-refractivity contribution in [2.24, 2.45) is 16.5 Å². The van der Waals surface area contributed by atoms with E-state index in [1.165, 1.54) is 38.1 Å². The first-order valence-corrected chi connectivity index (χ1v) is 34.4. The molecule has 7 aromatic rings. The van der Waals surface area contributed by atoms with Crippen molar-refractivity contribution in [2.75, 3.05) is 73.3 Å². The van der Waals surface area contributed by atoms with Crippen molar-refractivity contribution in [3.8, 4) is 23.0 Å². The van der Waals surface area contributed by atoms with E-state index >= 15 is 4.57 Å². The number of alkyl carbamates (subject to hydrolysis) is 1. The average Bonchev–Trinajstić information content (AvgIpc) is 1.13. The summed E-state index contributed by atoms with van der Waals surface area (Å²) in [6, 6.07) is 39.8. The van der Waals surface area contributed by atoms with Crippen molar-refractivity contribution in [2.45, 2.75) is 123 Å². The Morgan fingerprint density at radius 2 is 1.31 bits per heavy atom. The molecule has 3 heterocycles. The topological polar surface area (TPSA) is 292 Å². The Hall–Kier alpha value is -9.89. The third-order valence-electron chi connectivity index (χ3n) is 16.5. The number of benzene rings is 6. The van der Waals surface area contributed by atoms with Gasteiger partial charge in [-0.2, -0.15) is 0 Å². The lowest BCUT2D eigenvalue weighted by molar-refractivity contribution is -0.132. The zero-order valence-electron chi connectivity index (χ0n) is 54.9. The number of carbonyl (C=O) groups is 5. The molecule has 0 saturated carbocycles. The number of nitrogens with two attached hydrogens (primary N) is 2. The third kappa shape index (κ3) is 19.6. The second-order valence-corrected chi connectivity index (χ2v) is 25.7. The lowest BCUT2D eigenvalue weighted by atomic mass is 9.80. The fraction of sp³-hybridized carbons (Fsp3) is 0.380. The predicted molar refractivity (Wildman–Crippen MR) is 370 cm³/mol. The minimum absolute atomic E-state index is 0.00605. The number of aliphatic imine (C=N–C) groups is 1. The Morgan fingerprint density at radius 1 is 0.695 bits per heavy atom. The van der Waals surface area contributed by atoms with E-state index in [1.54, 1.807) is 53.2 Å². The number of nitrogens with zero attached hydrogens (tertiary/aromatic N) is 7. The molecule has 0 bridgehead atoms. The second kappa shape index (κ2) is 33.8. The monoisotopic (exact) mass is 1310 g/mol. The van der Waals surface area contributed by atoms with Gasteiger partial charge in [0, 0.05) is 143 Å². The highest BCUT2D eigenvalue weighted by atomic mass is 31.2. The largest absolute Gasteiger partial charge is 0.457 e. The number of piperazine rings is 1. The van der Waals surface area contributed by atoms with Crippen LogP contribution in [0.1, 0.15) is 137 Å². The molecule has 2 unspecified atom stereocenters. The standard InChI is InChI=1S/C71H88N13O10P/c1-6-9-38-74-55-30-36-62-64(46-55)92-65-47-57(81(7-2)8-3)31-37-63(65)68(62)60-19-14-15-20-61(60)69(88)83-42-40-82(41-43-83)67(87)21-13-11-10-12-16-39-84-48-56(79-80-84)18-17-44-91-71(89)78-66(45-51-22-24-54(25-23-51)77-70(72)73)95(90,93-58-32-26-52(27-33-58)75-49(4)85)94-59-34-28-53(29-35-59)76-50(5)86/h14-15,19-20,22-37,46-48,66,68,74H,6-13,16-18,21,38-45H2,1-5H3,(H,75,85)(H,76,86)(H,78,89)(H4,72,73,77). The maximum atomic E-state index is 15.3. The number of rotatable bonds is 32. The number of aromatic nitrogens is 3. The van der Waals surface area contributed by atoms with Crippen LogP contribution in [-0.2, 0) is 43.1 Å². The first kappa shape index (κ1) is 69.5. The summed E-state index contributed by atoms with van der Waals surface area (Å²) < 4.78 is 41.8. The molecule has 0 radical (unpaired) electrons. The Morgan fingerprint density at radius 3 is 1.95 bits per heavy atom. The molecule has 1 saturated heterocycles. The first-order valence-electron chi connectivity index (χ1n) is 32.8. The van der Waals surface area contributed by atoms with Gasteiger partial charge in [0.25, 0.3) is 5.91 Å². The lowest BCUT2D eigenvalue weighted by Gasteiger charge is -2.36. The SMILES string of the molecule is CCCCNc1ccc2c(c1)Oc1cc(N(CC)CC)ccc1C2c1ccccc1C(=O)N1CCN(C(=O)CCCCCCCn2cc(CCCOC(=O)NC(Cc3ccc(N=C(N)N)cc3)P(=O)(Oc3ccc(NC(C)=O)cc3)Oc3ccc(NC(C)=O)cc3)nn2)CC1. The van der Waals surface area contributed by atoms with Gasteiger partial charge < -0.3 is 66.0 Å². The summed E-state index contributed by atoms with van der Waals surface area (Å²) >= 11 is 0. The van der Waals surface area contributed by atoms with Gasteiger partial charge in [-0.3, -0.25) is 23.9 Å². The molecule has 24 heteroatoms. The molecule has 0 aliphatic carbocycles. The number of hydrogen-bond acceptors (Lipinski definition) is 15. The van der Waals surface area contributed by atoms with Gasteiger partial charge in [-0.05, 0) is 136 Å². The summed E-state index contributed by atoms with van der Waals surface area (Å²) in [5.74, 6) is -0.361. The normalized spacial score (nSPS) is 13.6. The summed E-state index contributed by atoms with van der Waals surface area (Å²) in [4.78, 5) is 75.4. The number of aryl methyl sites for hydroxylation is 2. The quantitative estimate of drug-likeness (QED) is 0.00988. The molecule has 23 nitrogen and oxygen atoms in total. The Balaban J connectivity index is 0.722. The molecule has 95 heavy (non-hydrogen) atoms. The first-order chi connectivity index (χ1) is 46.0.